The standard InChI is InChI=1S/C16H19F4N5/c1-21-15(22-8-7-11-5-3-4-6-13(11)17)23-9-12-10-25(2)24-14(12)16(18,19)20/h3-6,10H,7-9H2,1-2H3,(H2,21,22,23). The van der Waals surface area contributed by atoms with Gasteiger partial charge in [0.1, 0.15) is 5.82 Å². The highest BCUT2D eigenvalue weighted by atomic mass is 19.4. The molecule has 0 amide bonds. The van der Waals surface area contributed by atoms with Crippen molar-refractivity contribution in [2.75, 3.05) is 13.6 Å². The maximum atomic E-state index is 13.5. The summed E-state index contributed by atoms with van der Waals surface area (Å²) in [7, 11) is 2.94. The van der Waals surface area contributed by atoms with Crippen LogP contribution in [0.3, 0.4) is 0 Å². The van der Waals surface area contributed by atoms with Crippen molar-refractivity contribution in [1.82, 2.24) is 20.4 Å². The van der Waals surface area contributed by atoms with Gasteiger partial charge < -0.3 is 10.6 Å². The Morgan fingerprint density at radius 3 is 2.56 bits per heavy atom. The molecule has 0 bridgehead atoms. The summed E-state index contributed by atoms with van der Waals surface area (Å²) in [6, 6.07) is 6.41. The van der Waals surface area contributed by atoms with Crippen LogP contribution < -0.4 is 10.6 Å². The summed E-state index contributed by atoms with van der Waals surface area (Å²) in [4.78, 5) is 3.95. The summed E-state index contributed by atoms with van der Waals surface area (Å²) in [6.07, 6.45) is -2.78. The van der Waals surface area contributed by atoms with E-state index in [0.29, 0.717) is 24.5 Å². The van der Waals surface area contributed by atoms with Crippen LogP contribution in [-0.2, 0) is 26.2 Å². The molecule has 2 rings (SSSR count). The zero-order chi connectivity index (χ0) is 18.4. The smallest absolute Gasteiger partial charge is 0.356 e. The summed E-state index contributed by atoms with van der Waals surface area (Å²) in [5.41, 5.74) is -0.353. The first-order valence-electron chi connectivity index (χ1n) is 7.59. The summed E-state index contributed by atoms with van der Waals surface area (Å²) >= 11 is 0. The summed E-state index contributed by atoms with van der Waals surface area (Å²) in [6.45, 7) is 0.307. The van der Waals surface area contributed by atoms with Crippen molar-refractivity contribution in [3.63, 3.8) is 0 Å². The van der Waals surface area contributed by atoms with Crippen molar-refractivity contribution in [2.45, 2.75) is 19.1 Å². The average Bonchev–Trinajstić information content (AvgIpc) is 2.93. The lowest BCUT2D eigenvalue weighted by Crippen LogP contribution is -2.38. The van der Waals surface area contributed by atoms with E-state index < -0.39 is 11.9 Å². The van der Waals surface area contributed by atoms with E-state index in [-0.39, 0.29) is 17.9 Å². The lowest BCUT2D eigenvalue weighted by atomic mass is 10.1. The Kier molecular flexibility index (Phi) is 6.00. The van der Waals surface area contributed by atoms with Crippen LogP contribution in [0, 0.1) is 5.82 Å². The molecule has 2 aromatic rings. The first-order chi connectivity index (χ1) is 11.8. The fourth-order valence-corrected chi connectivity index (χ4v) is 2.32. The van der Waals surface area contributed by atoms with E-state index in [1.807, 2.05) is 0 Å². The van der Waals surface area contributed by atoms with Crippen LogP contribution in [0.5, 0.6) is 0 Å². The second-order valence-corrected chi connectivity index (χ2v) is 5.37. The normalized spacial score (nSPS) is 12.3. The Morgan fingerprint density at radius 2 is 1.92 bits per heavy atom. The number of guanidine groups is 1. The number of nitrogens with zero attached hydrogens (tertiary/aromatic N) is 3. The second-order valence-electron chi connectivity index (χ2n) is 5.37. The number of rotatable bonds is 5. The molecule has 9 heteroatoms. The maximum absolute atomic E-state index is 13.5. The number of hydrogen-bond donors (Lipinski definition) is 2. The van der Waals surface area contributed by atoms with Gasteiger partial charge in [-0.25, -0.2) is 4.39 Å². The van der Waals surface area contributed by atoms with E-state index in [2.05, 4.69) is 20.7 Å². The first-order valence-corrected chi connectivity index (χ1v) is 7.59. The molecule has 1 aromatic carbocycles. The molecule has 2 N–H and O–H groups in total. The maximum Gasteiger partial charge on any atom is 0.435 e. The Balaban J connectivity index is 1.90. The predicted octanol–water partition coefficient (Wildman–Crippen LogP) is 2.49. The molecule has 25 heavy (non-hydrogen) atoms. The number of hydrogen-bond acceptors (Lipinski definition) is 2. The van der Waals surface area contributed by atoms with E-state index in [1.165, 1.54) is 26.4 Å². The highest BCUT2D eigenvalue weighted by molar-refractivity contribution is 5.79. The molecule has 136 valence electrons. The monoisotopic (exact) mass is 357 g/mol. The molecule has 5 nitrogen and oxygen atoms in total. The van der Waals surface area contributed by atoms with E-state index in [0.717, 1.165) is 4.68 Å². The lowest BCUT2D eigenvalue weighted by Gasteiger charge is -2.12. The van der Waals surface area contributed by atoms with Crippen LogP contribution in [0.15, 0.2) is 35.5 Å². The molecular formula is C16H19F4N5. The number of halogens is 4. The molecule has 0 radical (unpaired) electrons. The van der Waals surface area contributed by atoms with Crippen molar-refractivity contribution in [2.24, 2.45) is 12.0 Å². The predicted molar refractivity (Wildman–Crippen MR) is 86.5 cm³/mol. The van der Waals surface area contributed by atoms with Crippen molar-refractivity contribution in [1.29, 1.82) is 0 Å². The molecule has 0 spiro atoms. The minimum atomic E-state index is -4.51. The Bertz CT molecular complexity index is 736. The SMILES string of the molecule is CN=C(NCCc1ccccc1F)NCc1cn(C)nc1C(F)(F)F. The van der Waals surface area contributed by atoms with E-state index in [1.54, 1.807) is 18.2 Å². The number of benzene rings is 1. The number of alkyl halides is 3. The summed E-state index contributed by atoms with van der Waals surface area (Å²) < 4.78 is 53.4. The zero-order valence-electron chi connectivity index (χ0n) is 13.9. The van der Waals surface area contributed by atoms with Crippen LogP contribution >= 0.6 is 0 Å². The quantitative estimate of drug-likeness (QED) is 0.491. The molecule has 0 saturated heterocycles. The minimum absolute atomic E-state index is 0.0204. The largest absolute Gasteiger partial charge is 0.435 e. The average molecular weight is 357 g/mol. The molecule has 0 saturated carbocycles. The lowest BCUT2D eigenvalue weighted by molar-refractivity contribution is -0.142. The highest BCUT2D eigenvalue weighted by Crippen LogP contribution is 2.30. The van der Waals surface area contributed by atoms with Gasteiger partial charge in [-0.3, -0.25) is 9.67 Å². The van der Waals surface area contributed by atoms with Crippen LogP contribution in [-0.4, -0.2) is 29.3 Å². The topological polar surface area (TPSA) is 54.2 Å². The molecule has 0 aliphatic carbocycles. The van der Waals surface area contributed by atoms with Crippen LogP contribution in [0.2, 0.25) is 0 Å². The van der Waals surface area contributed by atoms with Gasteiger partial charge in [-0.15, -0.1) is 0 Å². The van der Waals surface area contributed by atoms with Crippen LogP contribution in [0.25, 0.3) is 0 Å². The van der Waals surface area contributed by atoms with Gasteiger partial charge in [-0.05, 0) is 18.1 Å². The molecule has 0 fully saturated rings. The van der Waals surface area contributed by atoms with E-state index >= 15 is 0 Å². The third kappa shape index (κ3) is 5.20. The van der Waals surface area contributed by atoms with Gasteiger partial charge in [0.25, 0.3) is 0 Å². The fourth-order valence-electron chi connectivity index (χ4n) is 2.32. The molecule has 0 atom stereocenters. The van der Waals surface area contributed by atoms with Crippen molar-refractivity contribution in [3.8, 4) is 0 Å². The van der Waals surface area contributed by atoms with Crippen molar-refractivity contribution in [3.05, 3.63) is 53.1 Å². The molecule has 0 unspecified atom stereocenters. The van der Waals surface area contributed by atoms with E-state index in [9.17, 15) is 17.6 Å². The van der Waals surface area contributed by atoms with Gasteiger partial charge in [0, 0.05) is 38.9 Å². The number of aromatic nitrogens is 2. The molecular weight excluding hydrogens is 338 g/mol. The molecule has 0 aliphatic heterocycles. The highest BCUT2D eigenvalue weighted by Gasteiger charge is 2.36. The number of nitrogens with one attached hydrogen (secondary N) is 2. The van der Waals surface area contributed by atoms with Crippen molar-refractivity contribution >= 4 is 5.96 Å². The van der Waals surface area contributed by atoms with Gasteiger partial charge in [0.2, 0.25) is 0 Å². The van der Waals surface area contributed by atoms with Gasteiger partial charge in [0.05, 0.1) is 0 Å². The molecule has 1 heterocycles. The van der Waals surface area contributed by atoms with Gasteiger partial charge in [-0.1, -0.05) is 18.2 Å². The third-order valence-electron chi connectivity index (χ3n) is 3.49. The zero-order valence-corrected chi connectivity index (χ0v) is 13.9. The number of aryl methyl sites for hydroxylation is 1. The molecule has 1 aromatic heterocycles. The van der Waals surface area contributed by atoms with Gasteiger partial charge >= 0.3 is 6.18 Å². The summed E-state index contributed by atoms with van der Waals surface area (Å²) in [5.74, 6) is 0.0331. The minimum Gasteiger partial charge on any atom is -0.356 e. The van der Waals surface area contributed by atoms with Crippen molar-refractivity contribution < 1.29 is 17.6 Å². The Morgan fingerprint density at radius 1 is 1.20 bits per heavy atom. The Hall–Kier alpha value is -2.58. The van der Waals surface area contributed by atoms with Crippen LogP contribution in [0.1, 0.15) is 16.8 Å². The fraction of sp³-hybridized carbons (Fsp3) is 0.375. The molecule has 0 aliphatic rings. The second kappa shape index (κ2) is 8.00. The number of aliphatic imine (C=N–C) groups is 1. The van der Waals surface area contributed by atoms with E-state index in [4.69, 9.17) is 0 Å². The van der Waals surface area contributed by atoms with Crippen LogP contribution in [0.4, 0.5) is 17.6 Å². The summed E-state index contributed by atoms with van der Waals surface area (Å²) in [5, 5.41) is 9.20. The third-order valence-corrected chi connectivity index (χ3v) is 3.49. The van der Waals surface area contributed by atoms with Gasteiger partial charge in [-0.2, -0.15) is 18.3 Å². The Labute approximate surface area is 142 Å². The van der Waals surface area contributed by atoms with Gasteiger partial charge in [0.15, 0.2) is 11.7 Å². The first kappa shape index (κ1) is 18.8.